The minimum atomic E-state index is -0.947. The molecule has 0 aliphatic carbocycles. The van der Waals surface area contributed by atoms with Gasteiger partial charge in [0.2, 0.25) is 0 Å². The molecule has 0 bridgehead atoms. The number of nitrogens with two attached hydrogens (primary N) is 1. The van der Waals surface area contributed by atoms with E-state index in [1.165, 1.54) is 0 Å². The summed E-state index contributed by atoms with van der Waals surface area (Å²) in [5, 5.41) is 2.13. The van der Waals surface area contributed by atoms with E-state index in [0.29, 0.717) is 12.2 Å². The molecule has 1 atom stereocenters. The molecule has 0 spiro atoms. The molecule has 0 saturated carbocycles. The molecule has 0 heterocycles. The van der Waals surface area contributed by atoms with Crippen molar-refractivity contribution < 1.29 is 9.13 Å². The van der Waals surface area contributed by atoms with E-state index in [9.17, 15) is 4.39 Å². The second-order valence-electron chi connectivity index (χ2n) is 6.37. The smallest absolute Gasteiger partial charge is 0.127 e. The number of nitrogen functional groups attached to an aromatic ring is 1. The van der Waals surface area contributed by atoms with Crippen LogP contribution in [0.4, 0.5) is 10.1 Å². The minimum absolute atomic E-state index is 0.0320. The lowest BCUT2D eigenvalue weighted by molar-refractivity contribution is 0.261. The summed E-state index contributed by atoms with van der Waals surface area (Å²) in [6.07, 6.45) is -0.947. The van der Waals surface area contributed by atoms with Crippen molar-refractivity contribution in [1.82, 2.24) is 0 Å². The van der Waals surface area contributed by atoms with Crippen molar-refractivity contribution >= 4 is 16.5 Å². The zero-order valence-electron chi connectivity index (χ0n) is 14.0. The number of hydrogen-bond acceptors (Lipinski definition) is 2. The Morgan fingerprint density at radius 2 is 1.62 bits per heavy atom. The molecule has 2 N–H and O–H groups in total. The monoisotopic (exact) mass is 323 g/mol. The van der Waals surface area contributed by atoms with E-state index < -0.39 is 6.17 Å². The molecular weight excluding hydrogens is 301 g/mol. The first-order valence-corrected chi connectivity index (χ1v) is 8.19. The van der Waals surface area contributed by atoms with Gasteiger partial charge in [-0.2, -0.15) is 0 Å². The highest BCUT2D eigenvalue weighted by molar-refractivity contribution is 5.95. The molecule has 0 aliphatic rings. The summed E-state index contributed by atoms with van der Waals surface area (Å²) in [4.78, 5) is 0. The first-order valence-electron chi connectivity index (χ1n) is 8.19. The molecule has 3 heteroatoms. The summed E-state index contributed by atoms with van der Waals surface area (Å²) in [5.74, 6) is 0.691. The van der Waals surface area contributed by atoms with Crippen molar-refractivity contribution in [3.63, 3.8) is 0 Å². The fourth-order valence-electron chi connectivity index (χ4n) is 2.86. The highest BCUT2D eigenvalue weighted by Gasteiger charge is 2.14. The third-order valence-electron chi connectivity index (χ3n) is 4.20. The predicted octanol–water partition coefficient (Wildman–Crippen LogP) is 5.67. The molecule has 0 aromatic heterocycles. The van der Waals surface area contributed by atoms with Crippen molar-refractivity contribution in [2.24, 2.45) is 5.92 Å². The van der Waals surface area contributed by atoms with E-state index in [0.717, 1.165) is 27.8 Å². The van der Waals surface area contributed by atoms with Gasteiger partial charge in [0.15, 0.2) is 0 Å². The van der Waals surface area contributed by atoms with E-state index in [1.54, 1.807) is 12.1 Å². The third-order valence-corrected chi connectivity index (χ3v) is 4.20. The molecule has 0 amide bonds. The number of fused-ring (bicyclic) bond motifs is 1. The van der Waals surface area contributed by atoms with Gasteiger partial charge in [-0.25, -0.2) is 4.39 Å². The van der Waals surface area contributed by atoms with E-state index in [1.807, 2.05) is 62.4 Å². The molecule has 0 aliphatic heterocycles. The first kappa shape index (κ1) is 16.3. The predicted molar refractivity (Wildman–Crippen MR) is 97.8 cm³/mol. The van der Waals surface area contributed by atoms with Crippen LogP contribution >= 0.6 is 0 Å². The average molecular weight is 323 g/mol. The van der Waals surface area contributed by atoms with Crippen LogP contribution in [0.1, 0.15) is 31.1 Å². The lowest BCUT2D eigenvalue weighted by Gasteiger charge is -2.14. The molecule has 0 saturated heterocycles. The van der Waals surface area contributed by atoms with Gasteiger partial charge in [-0.3, -0.25) is 0 Å². The van der Waals surface area contributed by atoms with Crippen LogP contribution in [0, 0.1) is 5.92 Å². The number of hydrogen-bond donors (Lipinski definition) is 1. The Balaban J connectivity index is 1.77. The molecule has 2 nitrogen and oxygen atoms in total. The van der Waals surface area contributed by atoms with Crippen LogP contribution in [-0.2, 0) is 6.61 Å². The number of halogens is 1. The normalized spacial score (nSPS) is 12.5. The molecule has 0 fully saturated rings. The van der Waals surface area contributed by atoms with Gasteiger partial charge in [0.1, 0.15) is 18.5 Å². The number of benzene rings is 3. The Morgan fingerprint density at radius 1 is 0.958 bits per heavy atom. The van der Waals surface area contributed by atoms with Crippen molar-refractivity contribution in [1.29, 1.82) is 0 Å². The van der Waals surface area contributed by atoms with E-state index in [-0.39, 0.29) is 5.92 Å². The third kappa shape index (κ3) is 3.35. The highest BCUT2D eigenvalue weighted by Crippen LogP contribution is 2.28. The molecule has 3 rings (SSSR count). The van der Waals surface area contributed by atoms with Crippen molar-refractivity contribution in [2.45, 2.75) is 26.6 Å². The van der Waals surface area contributed by atoms with Gasteiger partial charge in [0.05, 0.1) is 0 Å². The van der Waals surface area contributed by atoms with Crippen LogP contribution in [0.5, 0.6) is 5.75 Å². The van der Waals surface area contributed by atoms with Crippen LogP contribution < -0.4 is 10.5 Å². The Labute approximate surface area is 142 Å². The quantitative estimate of drug-likeness (QED) is 0.614. The molecule has 24 heavy (non-hydrogen) atoms. The van der Waals surface area contributed by atoms with Gasteiger partial charge in [-0.15, -0.1) is 0 Å². The molecule has 3 aromatic rings. The summed E-state index contributed by atoms with van der Waals surface area (Å²) in [7, 11) is 0. The van der Waals surface area contributed by atoms with Crippen molar-refractivity contribution in [3.8, 4) is 5.75 Å². The topological polar surface area (TPSA) is 35.2 Å². The Kier molecular flexibility index (Phi) is 4.70. The summed E-state index contributed by atoms with van der Waals surface area (Å²) < 4.78 is 19.9. The lowest BCUT2D eigenvalue weighted by atomic mass is 10.0. The minimum Gasteiger partial charge on any atom is -0.489 e. The summed E-state index contributed by atoms with van der Waals surface area (Å²) in [5.41, 5.74) is 8.59. The summed E-state index contributed by atoms with van der Waals surface area (Å²) >= 11 is 0. The maximum Gasteiger partial charge on any atom is 0.127 e. The summed E-state index contributed by atoms with van der Waals surface area (Å²) in [6.45, 7) is 4.17. The SMILES string of the molecule is CC(C)C(F)c1ccc(OCc2cccc3cccc(N)c23)cc1. The molecule has 3 aromatic carbocycles. The number of ether oxygens (including phenoxy) is 1. The van der Waals surface area contributed by atoms with Crippen molar-refractivity contribution in [3.05, 3.63) is 71.8 Å². The van der Waals surface area contributed by atoms with E-state index in [2.05, 4.69) is 0 Å². The van der Waals surface area contributed by atoms with Gasteiger partial charge in [0.25, 0.3) is 0 Å². The molecule has 124 valence electrons. The van der Waals surface area contributed by atoms with Crippen LogP contribution in [0.15, 0.2) is 60.7 Å². The fraction of sp³-hybridized carbons (Fsp3) is 0.238. The second kappa shape index (κ2) is 6.91. The lowest BCUT2D eigenvalue weighted by Crippen LogP contribution is -2.01. The van der Waals surface area contributed by atoms with E-state index in [4.69, 9.17) is 10.5 Å². The molecule has 1 unspecified atom stereocenters. The van der Waals surface area contributed by atoms with Gasteiger partial charge < -0.3 is 10.5 Å². The van der Waals surface area contributed by atoms with Gasteiger partial charge in [0, 0.05) is 11.1 Å². The fourth-order valence-corrected chi connectivity index (χ4v) is 2.86. The average Bonchev–Trinajstić information content (AvgIpc) is 2.60. The standard InChI is InChI=1S/C21H22FNO/c1-14(2)21(22)16-9-11-18(12-10-16)24-13-17-7-3-5-15-6-4-8-19(23)20(15)17/h3-12,14,21H,13,23H2,1-2H3. The Bertz CT molecular complexity index is 822. The summed E-state index contributed by atoms with van der Waals surface area (Å²) in [6, 6.07) is 19.2. The maximum atomic E-state index is 14.0. The van der Waals surface area contributed by atoms with Gasteiger partial charge in [-0.05, 0) is 40.6 Å². The maximum absolute atomic E-state index is 14.0. The molecular formula is C21H22FNO. The van der Waals surface area contributed by atoms with Crippen LogP contribution in [0.25, 0.3) is 10.8 Å². The zero-order chi connectivity index (χ0) is 17.1. The first-order chi connectivity index (χ1) is 11.6. The van der Waals surface area contributed by atoms with Crippen molar-refractivity contribution in [2.75, 3.05) is 5.73 Å². The van der Waals surface area contributed by atoms with Gasteiger partial charge in [-0.1, -0.05) is 56.3 Å². The largest absolute Gasteiger partial charge is 0.489 e. The van der Waals surface area contributed by atoms with Crippen LogP contribution in [0.3, 0.4) is 0 Å². The Morgan fingerprint density at radius 3 is 2.29 bits per heavy atom. The van der Waals surface area contributed by atoms with Crippen LogP contribution in [0.2, 0.25) is 0 Å². The van der Waals surface area contributed by atoms with E-state index >= 15 is 0 Å². The number of anilines is 1. The number of rotatable bonds is 5. The second-order valence-corrected chi connectivity index (χ2v) is 6.37. The Hall–Kier alpha value is -2.55. The van der Waals surface area contributed by atoms with Gasteiger partial charge >= 0.3 is 0 Å². The highest BCUT2D eigenvalue weighted by atomic mass is 19.1. The number of alkyl halides is 1. The van der Waals surface area contributed by atoms with Crippen LogP contribution in [-0.4, -0.2) is 0 Å². The zero-order valence-corrected chi connectivity index (χ0v) is 14.0. The molecule has 0 radical (unpaired) electrons.